The fraction of sp³-hybridized carbons (Fsp3) is 0.667. The molecule has 0 aliphatic rings. The molecule has 0 aromatic carbocycles. The monoisotopic (exact) mass is 482 g/mol. The summed E-state index contributed by atoms with van der Waals surface area (Å²) in [7, 11) is 3.04. The molecule has 0 bridgehead atoms. The molecule has 0 saturated heterocycles. The van der Waals surface area contributed by atoms with Crippen molar-refractivity contribution >= 4 is 95.5 Å². The molecule has 0 fully saturated rings. The van der Waals surface area contributed by atoms with Crippen molar-refractivity contribution < 1.29 is 65.6 Å². The Morgan fingerprint density at radius 1 is 0.900 bits per heavy atom. The second-order valence-electron chi connectivity index (χ2n) is 2.28. The molecule has 0 aromatic heterocycles. The molecule has 0 aromatic rings. The van der Waals surface area contributed by atoms with Crippen LogP contribution in [0.2, 0.25) is 0 Å². The summed E-state index contributed by atoms with van der Waals surface area (Å²) >= 11 is 18.9. The smallest absolute Gasteiger partial charge is 0.514 e. The molecule has 0 aliphatic heterocycles. The zero-order chi connectivity index (χ0) is 15.1. The van der Waals surface area contributed by atoms with Crippen LogP contribution in [0.15, 0.2) is 0 Å². The average molecular weight is 482 g/mol. The van der Waals surface area contributed by atoms with E-state index in [0.717, 1.165) is 0 Å². The normalized spacial score (nSPS) is 8.35. The van der Waals surface area contributed by atoms with E-state index in [4.69, 9.17) is 33.9 Å². The number of hydrogen-bond donors (Lipinski definition) is 0. The summed E-state index contributed by atoms with van der Waals surface area (Å²) in [6.07, 6.45) is 0. The molecule has 0 rings (SSSR count). The third-order valence-electron chi connectivity index (χ3n) is 0.991. The van der Waals surface area contributed by atoms with Gasteiger partial charge >= 0.3 is 154 Å². The van der Waals surface area contributed by atoms with E-state index in [1.54, 1.807) is 0 Å². The second-order valence-corrected chi connectivity index (χ2v) is 10.8. The van der Waals surface area contributed by atoms with Crippen molar-refractivity contribution in [3.05, 3.63) is 0 Å². The SMILES string of the molecule is CCOC(=S)S[Se]SC(=S)OCC.CCOC(=S)[S-].[K+]. The minimum atomic E-state index is 0. The number of ether oxygens (including phenoxy) is 3. The zero-order valence-corrected chi connectivity index (χ0v) is 21.4. The van der Waals surface area contributed by atoms with Crippen LogP contribution in [0.25, 0.3) is 0 Å². The van der Waals surface area contributed by atoms with E-state index >= 15 is 0 Å². The Morgan fingerprint density at radius 3 is 1.45 bits per heavy atom. The first-order valence-corrected chi connectivity index (χ1v) is 12.5. The van der Waals surface area contributed by atoms with Crippen molar-refractivity contribution in [1.29, 1.82) is 0 Å². The molecule has 0 spiro atoms. The van der Waals surface area contributed by atoms with E-state index in [1.165, 1.54) is 20.4 Å². The molecule has 0 N–H and O–H groups in total. The van der Waals surface area contributed by atoms with Gasteiger partial charge in [0.15, 0.2) is 0 Å². The Balaban J connectivity index is -0.000000352. The number of rotatable bonds is 5. The Morgan fingerprint density at radius 2 is 1.25 bits per heavy atom. The van der Waals surface area contributed by atoms with Crippen molar-refractivity contribution in [3.63, 3.8) is 0 Å². The van der Waals surface area contributed by atoms with Gasteiger partial charge in [-0.15, -0.1) is 0 Å². The number of hydrogen-bond acceptors (Lipinski definition) is 9. The summed E-state index contributed by atoms with van der Waals surface area (Å²) in [5.74, 6) is 0. The largest absolute Gasteiger partial charge is 1.00 e. The van der Waals surface area contributed by atoms with E-state index < -0.39 is 0 Å². The van der Waals surface area contributed by atoms with Crippen LogP contribution in [0, 0.1) is 0 Å². The first-order chi connectivity index (χ1) is 8.97. The first-order valence-electron chi connectivity index (χ1n) is 5.16. The van der Waals surface area contributed by atoms with E-state index in [9.17, 15) is 0 Å². The minimum Gasteiger partial charge on any atom is -0.514 e. The topological polar surface area (TPSA) is 27.7 Å². The molecule has 20 heavy (non-hydrogen) atoms. The summed E-state index contributed by atoms with van der Waals surface area (Å²) in [6, 6.07) is 0. The van der Waals surface area contributed by atoms with Crippen LogP contribution in [0.5, 0.6) is 0 Å². The van der Waals surface area contributed by atoms with Gasteiger partial charge in [-0.1, -0.05) is 0 Å². The van der Waals surface area contributed by atoms with E-state index in [-0.39, 0.29) is 68.5 Å². The van der Waals surface area contributed by atoms with Crippen LogP contribution < -0.4 is 51.4 Å². The molecular formula is C9H15KO3S6Se. The fourth-order valence-corrected chi connectivity index (χ4v) is 7.80. The summed E-state index contributed by atoms with van der Waals surface area (Å²) in [4.78, 5) is 0. The zero-order valence-electron chi connectivity index (χ0n) is 11.7. The third-order valence-corrected chi connectivity index (χ3v) is 8.92. The summed E-state index contributed by atoms with van der Waals surface area (Å²) in [6.45, 7) is 7.52. The maximum atomic E-state index is 5.10. The Hall–Kier alpha value is 2.75. The second kappa shape index (κ2) is 21.7. The van der Waals surface area contributed by atoms with Gasteiger partial charge in [-0.05, 0) is 6.92 Å². The molecule has 0 unspecified atom stereocenters. The standard InChI is InChI=1S/C6H10O2S4Se.C3H6OS2.K/c1-3-7-5(9)11-13-12-6(10)8-4-2;1-2-4-3(5)6;/h3-4H2,1-2H3;2H2,1H3,(H,5,6);/q;;+1/p-1. The molecule has 0 saturated carbocycles. The Bertz CT molecular complexity index is 264. The van der Waals surface area contributed by atoms with Crippen LogP contribution in [0.4, 0.5) is 0 Å². The van der Waals surface area contributed by atoms with E-state index in [2.05, 4.69) is 29.6 Å². The van der Waals surface area contributed by atoms with Crippen molar-refractivity contribution in [2.45, 2.75) is 20.8 Å². The van der Waals surface area contributed by atoms with E-state index in [0.29, 0.717) is 28.6 Å². The average Bonchev–Trinajstić information content (AvgIpc) is 2.30. The maximum Gasteiger partial charge on any atom is 1.00 e. The molecule has 3 nitrogen and oxygen atoms in total. The van der Waals surface area contributed by atoms with Gasteiger partial charge < -0.3 is 29.6 Å². The van der Waals surface area contributed by atoms with Gasteiger partial charge in [0.25, 0.3) is 0 Å². The first kappa shape index (κ1) is 27.6. The molecule has 0 aliphatic carbocycles. The molecular weight excluding hydrogens is 467 g/mol. The Labute approximate surface area is 198 Å². The van der Waals surface area contributed by atoms with Crippen molar-refractivity contribution in [3.8, 4) is 0 Å². The third kappa shape index (κ3) is 25.7. The van der Waals surface area contributed by atoms with Gasteiger partial charge in [0.1, 0.15) is 0 Å². The quantitative estimate of drug-likeness (QED) is 0.316. The van der Waals surface area contributed by atoms with Crippen LogP contribution in [-0.4, -0.2) is 45.7 Å². The van der Waals surface area contributed by atoms with E-state index in [1.807, 2.05) is 20.8 Å². The van der Waals surface area contributed by atoms with Crippen LogP contribution in [-0.2, 0) is 26.8 Å². The molecule has 112 valence electrons. The summed E-state index contributed by atoms with van der Waals surface area (Å²) < 4.78 is 16.2. The summed E-state index contributed by atoms with van der Waals surface area (Å²) in [5, 5.41) is 0. The van der Waals surface area contributed by atoms with Gasteiger partial charge in [-0.3, -0.25) is 0 Å². The van der Waals surface area contributed by atoms with Gasteiger partial charge in [-0.2, -0.15) is 0 Å². The van der Waals surface area contributed by atoms with Crippen LogP contribution in [0.1, 0.15) is 20.8 Å². The molecule has 0 amide bonds. The predicted molar refractivity (Wildman–Crippen MR) is 101 cm³/mol. The van der Waals surface area contributed by atoms with Crippen LogP contribution >= 0.6 is 57.0 Å². The molecule has 0 radical (unpaired) electrons. The Kier molecular flexibility index (Phi) is 30.0. The van der Waals surface area contributed by atoms with Gasteiger partial charge in [0.2, 0.25) is 0 Å². The van der Waals surface area contributed by atoms with Gasteiger partial charge in [0, 0.05) is 4.38 Å². The summed E-state index contributed by atoms with van der Waals surface area (Å²) in [5.41, 5.74) is 0. The van der Waals surface area contributed by atoms with Crippen molar-refractivity contribution in [2.24, 2.45) is 0 Å². The predicted octanol–water partition coefficient (Wildman–Crippen LogP) is 0.488. The molecule has 0 heterocycles. The minimum absolute atomic E-state index is 0. The fourth-order valence-electron chi connectivity index (χ4n) is 0.474. The van der Waals surface area contributed by atoms with Gasteiger partial charge in [-0.25, -0.2) is 0 Å². The number of thiocarbonyl (C=S) groups is 3. The van der Waals surface area contributed by atoms with Crippen LogP contribution in [0.3, 0.4) is 0 Å². The molecule has 11 heteroatoms. The van der Waals surface area contributed by atoms with Crippen molar-refractivity contribution in [2.75, 3.05) is 19.8 Å². The van der Waals surface area contributed by atoms with Crippen molar-refractivity contribution in [1.82, 2.24) is 0 Å². The molecule has 0 atom stereocenters. The maximum absolute atomic E-state index is 5.10. The van der Waals surface area contributed by atoms with Gasteiger partial charge in [0.05, 0.1) is 6.61 Å².